The molecule has 0 aliphatic carbocycles. The molecule has 0 spiro atoms. The number of hydrogen-bond acceptors (Lipinski definition) is 6. The van der Waals surface area contributed by atoms with Crippen LogP contribution in [0.1, 0.15) is 0 Å². The summed E-state index contributed by atoms with van der Waals surface area (Å²) in [4.78, 5) is 7.92. The molecule has 1 aromatic carbocycles. The molecule has 1 aromatic heterocycles. The van der Waals surface area contributed by atoms with Gasteiger partial charge in [0, 0.05) is 19.2 Å². The van der Waals surface area contributed by atoms with E-state index in [-0.39, 0.29) is 11.4 Å². The maximum Gasteiger partial charge on any atom is 0.224 e. The SMILES string of the molecule is CNc1cc(Oc2ccc(O)c(N)c2)ncn1. The molecule has 0 aliphatic heterocycles. The van der Waals surface area contributed by atoms with Crippen molar-refractivity contribution in [3.05, 3.63) is 30.6 Å². The van der Waals surface area contributed by atoms with E-state index in [2.05, 4.69) is 15.3 Å². The number of anilines is 2. The number of nitrogens with one attached hydrogen (secondary N) is 1. The van der Waals surface area contributed by atoms with Crippen LogP contribution in [0.5, 0.6) is 17.4 Å². The Morgan fingerprint density at radius 3 is 2.82 bits per heavy atom. The van der Waals surface area contributed by atoms with E-state index in [0.717, 1.165) is 0 Å². The van der Waals surface area contributed by atoms with Gasteiger partial charge in [0.05, 0.1) is 5.69 Å². The minimum Gasteiger partial charge on any atom is -0.506 e. The molecule has 88 valence electrons. The number of nitrogen functional groups attached to an aromatic ring is 1. The Labute approximate surface area is 98.1 Å². The lowest BCUT2D eigenvalue weighted by Crippen LogP contribution is -1.95. The van der Waals surface area contributed by atoms with Crippen molar-refractivity contribution < 1.29 is 9.84 Å². The maximum atomic E-state index is 9.28. The monoisotopic (exact) mass is 232 g/mol. The summed E-state index contributed by atoms with van der Waals surface area (Å²) in [6, 6.07) is 6.25. The van der Waals surface area contributed by atoms with Crippen LogP contribution >= 0.6 is 0 Å². The van der Waals surface area contributed by atoms with E-state index in [4.69, 9.17) is 10.5 Å². The lowest BCUT2D eigenvalue weighted by molar-refractivity contribution is 0.455. The molecule has 0 bridgehead atoms. The zero-order chi connectivity index (χ0) is 12.3. The molecule has 1 heterocycles. The fourth-order valence-corrected chi connectivity index (χ4v) is 1.25. The molecular weight excluding hydrogens is 220 g/mol. The third kappa shape index (κ3) is 2.54. The minimum atomic E-state index is 0.0240. The minimum absolute atomic E-state index is 0.0240. The van der Waals surface area contributed by atoms with Gasteiger partial charge in [0.25, 0.3) is 0 Å². The molecule has 17 heavy (non-hydrogen) atoms. The fraction of sp³-hybridized carbons (Fsp3) is 0.0909. The van der Waals surface area contributed by atoms with Crippen molar-refractivity contribution in [2.75, 3.05) is 18.1 Å². The molecule has 0 saturated heterocycles. The van der Waals surface area contributed by atoms with Gasteiger partial charge in [-0.1, -0.05) is 0 Å². The molecule has 0 amide bonds. The number of phenolic OH excluding ortho intramolecular Hbond substituents is 1. The summed E-state index contributed by atoms with van der Waals surface area (Å²) in [5, 5.41) is 12.2. The van der Waals surface area contributed by atoms with E-state index in [1.165, 1.54) is 18.5 Å². The van der Waals surface area contributed by atoms with Crippen LogP contribution in [0.25, 0.3) is 0 Å². The van der Waals surface area contributed by atoms with Gasteiger partial charge in [-0.05, 0) is 12.1 Å². The van der Waals surface area contributed by atoms with Crippen LogP contribution in [-0.2, 0) is 0 Å². The van der Waals surface area contributed by atoms with Crippen molar-refractivity contribution in [1.82, 2.24) is 9.97 Å². The van der Waals surface area contributed by atoms with E-state index in [9.17, 15) is 5.11 Å². The first-order valence-corrected chi connectivity index (χ1v) is 4.95. The second kappa shape index (κ2) is 4.56. The standard InChI is InChI=1S/C11H12N4O2/c1-13-10-5-11(15-6-14-10)17-7-2-3-9(16)8(12)4-7/h2-6,16H,12H2,1H3,(H,13,14,15). The first-order valence-electron chi connectivity index (χ1n) is 4.95. The summed E-state index contributed by atoms with van der Waals surface area (Å²) in [5.41, 5.74) is 5.81. The lowest BCUT2D eigenvalue weighted by atomic mass is 10.3. The molecule has 0 atom stereocenters. The van der Waals surface area contributed by atoms with Gasteiger partial charge in [-0.25, -0.2) is 9.97 Å². The normalized spacial score (nSPS) is 9.94. The topological polar surface area (TPSA) is 93.3 Å². The van der Waals surface area contributed by atoms with Gasteiger partial charge >= 0.3 is 0 Å². The number of aromatic hydroxyl groups is 1. The quantitative estimate of drug-likeness (QED) is 0.549. The van der Waals surface area contributed by atoms with Crippen LogP contribution in [0.15, 0.2) is 30.6 Å². The van der Waals surface area contributed by atoms with Crippen LogP contribution in [0, 0.1) is 0 Å². The number of nitrogens with two attached hydrogens (primary N) is 1. The molecule has 2 rings (SSSR count). The number of hydrogen-bond donors (Lipinski definition) is 3. The Hall–Kier alpha value is -2.50. The lowest BCUT2D eigenvalue weighted by Gasteiger charge is -2.07. The summed E-state index contributed by atoms with van der Waals surface area (Å²) >= 11 is 0. The summed E-state index contributed by atoms with van der Waals surface area (Å²) in [6.07, 6.45) is 1.39. The smallest absolute Gasteiger partial charge is 0.224 e. The molecule has 6 nitrogen and oxygen atoms in total. The number of nitrogens with zero attached hydrogens (tertiary/aromatic N) is 2. The number of ether oxygens (including phenoxy) is 1. The highest BCUT2D eigenvalue weighted by Gasteiger charge is 2.03. The Balaban J connectivity index is 2.22. The molecule has 0 aliphatic rings. The van der Waals surface area contributed by atoms with Gasteiger partial charge in [0.1, 0.15) is 23.6 Å². The Kier molecular flexibility index (Phi) is 2.95. The Morgan fingerprint density at radius 1 is 1.29 bits per heavy atom. The van der Waals surface area contributed by atoms with Crippen LogP contribution in [-0.4, -0.2) is 22.1 Å². The van der Waals surface area contributed by atoms with E-state index in [1.807, 2.05) is 0 Å². The summed E-state index contributed by atoms with van der Waals surface area (Å²) in [7, 11) is 1.75. The number of rotatable bonds is 3. The van der Waals surface area contributed by atoms with Crippen LogP contribution in [0.3, 0.4) is 0 Å². The second-order valence-electron chi connectivity index (χ2n) is 3.31. The molecule has 0 saturated carbocycles. The number of benzene rings is 1. The number of phenols is 1. The molecule has 0 unspecified atom stereocenters. The van der Waals surface area contributed by atoms with Crippen molar-refractivity contribution >= 4 is 11.5 Å². The van der Waals surface area contributed by atoms with Crippen molar-refractivity contribution in [1.29, 1.82) is 0 Å². The van der Waals surface area contributed by atoms with Crippen molar-refractivity contribution in [2.24, 2.45) is 0 Å². The zero-order valence-corrected chi connectivity index (χ0v) is 9.21. The van der Waals surface area contributed by atoms with E-state index < -0.39 is 0 Å². The molecule has 0 fully saturated rings. The highest BCUT2D eigenvalue weighted by molar-refractivity contribution is 5.55. The van der Waals surface area contributed by atoms with E-state index in [1.54, 1.807) is 19.2 Å². The third-order valence-electron chi connectivity index (χ3n) is 2.12. The molecule has 2 aromatic rings. The van der Waals surface area contributed by atoms with E-state index >= 15 is 0 Å². The first-order chi connectivity index (χ1) is 8.19. The van der Waals surface area contributed by atoms with Gasteiger partial charge < -0.3 is 20.9 Å². The van der Waals surface area contributed by atoms with Crippen LogP contribution in [0.4, 0.5) is 11.5 Å². The van der Waals surface area contributed by atoms with Crippen LogP contribution < -0.4 is 15.8 Å². The predicted molar refractivity (Wildman–Crippen MR) is 64.2 cm³/mol. The van der Waals surface area contributed by atoms with Crippen molar-refractivity contribution in [2.45, 2.75) is 0 Å². The van der Waals surface area contributed by atoms with Gasteiger partial charge in [-0.15, -0.1) is 0 Å². The number of aromatic nitrogens is 2. The van der Waals surface area contributed by atoms with E-state index in [0.29, 0.717) is 17.4 Å². The Morgan fingerprint density at radius 2 is 2.12 bits per heavy atom. The second-order valence-corrected chi connectivity index (χ2v) is 3.31. The Bertz CT molecular complexity index is 531. The summed E-state index contributed by atoms with van der Waals surface area (Å²) < 4.78 is 5.47. The van der Waals surface area contributed by atoms with Gasteiger partial charge in [0.2, 0.25) is 5.88 Å². The van der Waals surface area contributed by atoms with Crippen LogP contribution in [0.2, 0.25) is 0 Å². The summed E-state index contributed by atoms with van der Waals surface area (Å²) in [5.74, 6) is 1.58. The van der Waals surface area contributed by atoms with Gasteiger partial charge in [-0.2, -0.15) is 0 Å². The fourth-order valence-electron chi connectivity index (χ4n) is 1.25. The average Bonchev–Trinajstić information content (AvgIpc) is 2.34. The molecule has 6 heteroatoms. The maximum absolute atomic E-state index is 9.28. The third-order valence-corrected chi connectivity index (χ3v) is 2.12. The molecule has 0 radical (unpaired) electrons. The van der Waals surface area contributed by atoms with Crippen molar-refractivity contribution in [3.63, 3.8) is 0 Å². The predicted octanol–water partition coefficient (Wildman–Crippen LogP) is 1.60. The molecular formula is C11H12N4O2. The highest BCUT2D eigenvalue weighted by atomic mass is 16.5. The van der Waals surface area contributed by atoms with Gasteiger partial charge in [-0.3, -0.25) is 0 Å². The molecule has 4 N–H and O–H groups in total. The first kappa shape index (κ1) is 11.0. The highest BCUT2D eigenvalue weighted by Crippen LogP contribution is 2.27. The van der Waals surface area contributed by atoms with Crippen molar-refractivity contribution in [3.8, 4) is 17.4 Å². The average molecular weight is 232 g/mol. The zero-order valence-electron chi connectivity index (χ0n) is 9.21. The van der Waals surface area contributed by atoms with Gasteiger partial charge in [0.15, 0.2) is 0 Å². The largest absolute Gasteiger partial charge is 0.506 e. The summed E-state index contributed by atoms with van der Waals surface area (Å²) in [6.45, 7) is 0.